The highest BCUT2D eigenvalue weighted by molar-refractivity contribution is 7.99. The molecule has 0 rings (SSSR count). The van der Waals surface area contributed by atoms with Gasteiger partial charge in [0, 0.05) is 18.1 Å². The SMILES string of the molecule is C=CCSCCNCCCC(C)(C)C#N. The first kappa shape index (κ1) is 14.5. The van der Waals surface area contributed by atoms with E-state index in [2.05, 4.69) is 18.0 Å². The van der Waals surface area contributed by atoms with Crippen LogP contribution in [0, 0.1) is 16.7 Å². The first-order chi connectivity index (χ1) is 7.12. The minimum Gasteiger partial charge on any atom is -0.316 e. The van der Waals surface area contributed by atoms with Gasteiger partial charge in [-0.15, -0.1) is 6.58 Å². The summed E-state index contributed by atoms with van der Waals surface area (Å²) in [5.41, 5.74) is -0.167. The highest BCUT2D eigenvalue weighted by atomic mass is 32.2. The lowest BCUT2D eigenvalue weighted by Gasteiger charge is -2.14. The maximum Gasteiger partial charge on any atom is 0.0683 e. The van der Waals surface area contributed by atoms with Gasteiger partial charge in [0.25, 0.3) is 0 Å². The molecule has 0 aromatic heterocycles. The second kappa shape index (κ2) is 8.82. The van der Waals surface area contributed by atoms with Crippen LogP contribution in [0.4, 0.5) is 0 Å². The molecule has 1 N–H and O–H groups in total. The van der Waals surface area contributed by atoms with E-state index in [9.17, 15) is 0 Å². The largest absolute Gasteiger partial charge is 0.316 e. The van der Waals surface area contributed by atoms with Crippen LogP contribution in [0.15, 0.2) is 12.7 Å². The number of nitriles is 1. The van der Waals surface area contributed by atoms with Gasteiger partial charge >= 0.3 is 0 Å². The second-order valence-corrected chi connectivity index (χ2v) is 5.36. The minimum atomic E-state index is -0.167. The average Bonchev–Trinajstić information content (AvgIpc) is 2.22. The van der Waals surface area contributed by atoms with Gasteiger partial charge in [-0.05, 0) is 33.2 Å². The van der Waals surface area contributed by atoms with Gasteiger partial charge in [0.1, 0.15) is 0 Å². The molecule has 15 heavy (non-hydrogen) atoms. The zero-order valence-corrected chi connectivity index (χ0v) is 10.7. The van der Waals surface area contributed by atoms with Crippen LogP contribution in [0.25, 0.3) is 0 Å². The van der Waals surface area contributed by atoms with E-state index >= 15 is 0 Å². The van der Waals surface area contributed by atoms with Gasteiger partial charge in [0.15, 0.2) is 0 Å². The molecule has 3 heteroatoms. The molecule has 0 aliphatic rings. The van der Waals surface area contributed by atoms with Crippen molar-refractivity contribution >= 4 is 11.8 Å². The molecule has 0 spiro atoms. The molecule has 0 aromatic carbocycles. The van der Waals surface area contributed by atoms with Crippen LogP contribution < -0.4 is 5.32 Å². The summed E-state index contributed by atoms with van der Waals surface area (Å²) in [5, 5.41) is 12.2. The average molecular weight is 226 g/mol. The lowest BCUT2D eigenvalue weighted by molar-refractivity contribution is 0.428. The number of thioether (sulfide) groups is 1. The van der Waals surface area contributed by atoms with Crippen LogP contribution in [0.3, 0.4) is 0 Å². The standard InChI is InChI=1S/C12H22N2S/c1-4-9-15-10-8-14-7-5-6-12(2,3)11-13/h4,14H,1,5-10H2,2-3H3. The van der Waals surface area contributed by atoms with Crippen LogP contribution in [-0.2, 0) is 0 Å². The molecule has 0 amide bonds. The summed E-state index contributed by atoms with van der Waals surface area (Å²) >= 11 is 1.89. The Balaban J connectivity index is 3.19. The zero-order valence-electron chi connectivity index (χ0n) is 9.88. The highest BCUT2D eigenvalue weighted by Gasteiger charge is 2.14. The highest BCUT2D eigenvalue weighted by Crippen LogP contribution is 2.19. The Hall–Kier alpha value is -0.460. The Morgan fingerprint density at radius 2 is 2.20 bits per heavy atom. The predicted molar refractivity (Wildman–Crippen MR) is 69.0 cm³/mol. The molecule has 0 aliphatic heterocycles. The van der Waals surface area contributed by atoms with Crippen LogP contribution in [-0.4, -0.2) is 24.6 Å². The molecule has 0 aliphatic carbocycles. The lowest BCUT2D eigenvalue weighted by atomic mass is 9.90. The maximum atomic E-state index is 8.81. The first-order valence-corrected chi connectivity index (χ1v) is 6.58. The summed E-state index contributed by atoms with van der Waals surface area (Å²) in [6.07, 6.45) is 3.98. The van der Waals surface area contributed by atoms with Crippen LogP contribution >= 0.6 is 11.8 Å². The molecule has 0 atom stereocenters. The fourth-order valence-electron chi connectivity index (χ4n) is 1.15. The van der Waals surface area contributed by atoms with E-state index in [4.69, 9.17) is 5.26 Å². The van der Waals surface area contributed by atoms with E-state index < -0.39 is 0 Å². The summed E-state index contributed by atoms with van der Waals surface area (Å²) in [7, 11) is 0. The molecule has 0 bridgehead atoms. The molecular formula is C12H22N2S. The lowest BCUT2D eigenvalue weighted by Crippen LogP contribution is -2.20. The van der Waals surface area contributed by atoms with Crippen molar-refractivity contribution in [3.05, 3.63) is 12.7 Å². The molecule has 0 fully saturated rings. The molecule has 2 nitrogen and oxygen atoms in total. The Morgan fingerprint density at radius 1 is 1.47 bits per heavy atom. The first-order valence-electron chi connectivity index (χ1n) is 5.43. The van der Waals surface area contributed by atoms with E-state index in [1.54, 1.807) is 0 Å². The van der Waals surface area contributed by atoms with Gasteiger partial charge < -0.3 is 5.32 Å². The molecule has 0 saturated carbocycles. The van der Waals surface area contributed by atoms with Crippen molar-refractivity contribution in [3.63, 3.8) is 0 Å². The van der Waals surface area contributed by atoms with Crippen molar-refractivity contribution in [2.75, 3.05) is 24.6 Å². The number of nitrogens with zero attached hydrogens (tertiary/aromatic N) is 1. The van der Waals surface area contributed by atoms with E-state index in [1.165, 1.54) is 0 Å². The third-order valence-corrected chi connectivity index (χ3v) is 3.08. The van der Waals surface area contributed by atoms with Crippen molar-refractivity contribution in [1.29, 1.82) is 5.26 Å². The van der Waals surface area contributed by atoms with Crippen LogP contribution in [0.1, 0.15) is 26.7 Å². The summed E-state index contributed by atoms with van der Waals surface area (Å²) in [6, 6.07) is 2.32. The molecule has 0 heterocycles. The third-order valence-electron chi connectivity index (χ3n) is 2.12. The van der Waals surface area contributed by atoms with Crippen LogP contribution in [0.2, 0.25) is 0 Å². The third kappa shape index (κ3) is 9.84. The Bertz CT molecular complexity index is 206. The smallest absolute Gasteiger partial charge is 0.0683 e. The van der Waals surface area contributed by atoms with Gasteiger partial charge in [0.05, 0.1) is 11.5 Å². The molecule has 0 unspecified atom stereocenters. The Labute approximate surface area is 98.1 Å². The van der Waals surface area contributed by atoms with Crippen LogP contribution in [0.5, 0.6) is 0 Å². The predicted octanol–water partition coefficient (Wildman–Crippen LogP) is 2.83. The van der Waals surface area contributed by atoms with Gasteiger partial charge in [-0.25, -0.2) is 0 Å². The van der Waals surface area contributed by atoms with E-state index in [0.29, 0.717) is 0 Å². The minimum absolute atomic E-state index is 0.167. The topological polar surface area (TPSA) is 35.8 Å². The Morgan fingerprint density at radius 3 is 2.80 bits per heavy atom. The molecule has 86 valence electrons. The number of nitrogens with one attached hydrogen (secondary N) is 1. The Kier molecular flexibility index (Phi) is 8.55. The normalized spacial score (nSPS) is 11.0. The number of rotatable bonds is 9. The van der Waals surface area contributed by atoms with Gasteiger partial charge in [-0.3, -0.25) is 0 Å². The van der Waals surface area contributed by atoms with Crippen molar-refractivity contribution < 1.29 is 0 Å². The van der Waals surface area contributed by atoms with Gasteiger partial charge in [-0.2, -0.15) is 17.0 Å². The monoisotopic (exact) mass is 226 g/mol. The summed E-state index contributed by atoms with van der Waals surface area (Å²) in [6.45, 7) is 9.72. The quantitative estimate of drug-likeness (QED) is 0.485. The fourth-order valence-corrected chi connectivity index (χ4v) is 1.77. The number of hydrogen-bond acceptors (Lipinski definition) is 3. The fraction of sp³-hybridized carbons (Fsp3) is 0.750. The van der Waals surface area contributed by atoms with E-state index in [0.717, 1.165) is 37.4 Å². The summed E-state index contributed by atoms with van der Waals surface area (Å²) in [4.78, 5) is 0. The zero-order chi connectivity index (χ0) is 11.6. The molecular weight excluding hydrogens is 204 g/mol. The van der Waals surface area contributed by atoms with Gasteiger partial charge in [0.2, 0.25) is 0 Å². The summed E-state index contributed by atoms with van der Waals surface area (Å²) in [5.74, 6) is 2.16. The van der Waals surface area contributed by atoms with Gasteiger partial charge in [-0.1, -0.05) is 6.08 Å². The van der Waals surface area contributed by atoms with E-state index in [-0.39, 0.29) is 5.41 Å². The van der Waals surface area contributed by atoms with Crippen molar-refractivity contribution in [1.82, 2.24) is 5.32 Å². The maximum absolute atomic E-state index is 8.81. The summed E-state index contributed by atoms with van der Waals surface area (Å²) < 4.78 is 0. The second-order valence-electron chi connectivity index (χ2n) is 4.21. The number of hydrogen-bond donors (Lipinski definition) is 1. The van der Waals surface area contributed by atoms with E-state index in [1.807, 2.05) is 31.7 Å². The van der Waals surface area contributed by atoms with Crippen molar-refractivity contribution in [2.24, 2.45) is 5.41 Å². The molecule has 0 saturated heterocycles. The molecule has 0 radical (unpaired) electrons. The molecule has 0 aromatic rings. The van der Waals surface area contributed by atoms with Crippen molar-refractivity contribution in [3.8, 4) is 6.07 Å². The van der Waals surface area contributed by atoms with Crippen molar-refractivity contribution in [2.45, 2.75) is 26.7 Å².